The number of rotatable bonds is 2. The fraction of sp³-hybridized carbons (Fsp3) is 0.471. The summed E-state index contributed by atoms with van der Waals surface area (Å²) in [6, 6.07) is 11.1. The Kier molecular flexibility index (Phi) is 3.60. The highest BCUT2D eigenvalue weighted by Crippen LogP contribution is 2.27. The van der Waals surface area contributed by atoms with Gasteiger partial charge in [-0.3, -0.25) is 4.90 Å². The van der Waals surface area contributed by atoms with Crippen LogP contribution in [-0.4, -0.2) is 47.2 Å². The standard InChI is InChI=1S/C17H23N5/c1-20-13-19-17-15(20)11-18-12-16(17)22-9-7-21(8-10-22)14-5-3-2-4-6-14/h2-6,13,16,18H,7-12H2,1H3. The van der Waals surface area contributed by atoms with Crippen LogP contribution in [0.1, 0.15) is 17.4 Å². The minimum Gasteiger partial charge on any atom is -0.369 e. The SMILES string of the molecule is Cn1cnc2c1CNCC2N1CCN(c2ccccc2)CC1. The number of piperazine rings is 1. The number of para-hydroxylation sites is 1. The fourth-order valence-electron chi connectivity index (χ4n) is 3.62. The van der Waals surface area contributed by atoms with E-state index in [4.69, 9.17) is 0 Å². The first-order chi connectivity index (χ1) is 10.8. The first kappa shape index (κ1) is 13.8. The second kappa shape index (κ2) is 5.74. The van der Waals surface area contributed by atoms with Crippen molar-refractivity contribution in [1.29, 1.82) is 0 Å². The molecule has 0 spiro atoms. The van der Waals surface area contributed by atoms with Crippen LogP contribution in [0.3, 0.4) is 0 Å². The molecule has 0 radical (unpaired) electrons. The Morgan fingerprint density at radius 3 is 2.64 bits per heavy atom. The molecule has 5 heteroatoms. The maximum atomic E-state index is 4.66. The summed E-state index contributed by atoms with van der Waals surface area (Å²) in [7, 11) is 2.09. The molecule has 2 aliphatic rings. The minimum absolute atomic E-state index is 0.419. The monoisotopic (exact) mass is 297 g/mol. The van der Waals surface area contributed by atoms with Gasteiger partial charge < -0.3 is 14.8 Å². The summed E-state index contributed by atoms with van der Waals surface area (Å²) in [4.78, 5) is 9.72. The summed E-state index contributed by atoms with van der Waals surface area (Å²) in [5.74, 6) is 0. The van der Waals surface area contributed by atoms with Crippen LogP contribution in [0.2, 0.25) is 0 Å². The lowest BCUT2D eigenvalue weighted by Crippen LogP contribution is -2.50. The molecule has 1 fully saturated rings. The van der Waals surface area contributed by atoms with Gasteiger partial charge in [0.05, 0.1) is 23.8 Å². The highest BCUT2D eigenvalue weighted by molar-refractivity contribution is 5.46. The number of aromatic nitrogens is 2. The third-order valence-corrected chi connectivity index (χ3v) is 4.91. The van der Waals surface area contributed by atoms with Gasteiger partial charge in [-0.25, -0.2) is 4.98 Å². The molecule has 1 N–H and O–H groups in total. The number of fused-ring (bicyclic) bond motifs is 1. The number of nitrogens with one attached hydrogen (secondary N) is 1. The van der Waals surface area contributed by atoms with Gasteiger partial charge in [-0.2, -0.15) is 0 Å². The Bertz CT molecular complexity index is 628. The largest absolute Gasteiger partial charge is 0.369 e. The van der Waals surface area contributed by atoms with E-state index < -0.39 is 0 Å². The van der Waals surface area contributed by atoms with Crippen LogP contribution in [0.4, 0.5) is 5.69 Å². The maximum absolute atomic E-state index is 4.66. The lowest BCUT2D eigenvalue weighted by Gasteiger charge is -2.41. The van der Waals surface area contributed by atoms with Crippen LogP contribution in [0.25, 0.3) is 0 Å². The van der Waals surface area contributed by atoms with Crippen LogP contribution in [0, 0.1) is 0 Å². The first-order valence-corrected chi connectivity index (χ1v) is 8.08. The van der Waals surface area contributed by atoms with Gasteiger partial charge in [0.25, 0.3) is 0 Å². The molecule has 116 valence electrons. The highest BCUT2D eigenvalue weighted by atomic mass is 15.3. The quantitative estimate of drug-likeness (QED) is 0.909. The second-order valence-electron chi connectivity index (χ2n) is 6.19. The summed E-state index contributed by atoms with van der Waals surface area (Å²) in [5, 5.41) is 3.54. The molecule has 0 amide bonds. The van der Waals surface area contributed by atoms with Crippen LogP contribution >= 0.6 is 0 Å². The zero-order chi connectivity index (χ0) is 14.9. The minimum atomic E-state index is 0.419. The van der Waals surface area contributed by atoms with E-state index in [2.05, 4.69) is 62.0 Å². The Labute approximate surface area is 131 Å². The molecule has 2 aliphatic heterocycles. The van der Waals surface area contributed by atoms with Crippen LogP contribution in [-0.2, 0) is 13.6 Å². The average Bonchev–Trinajstić information content (AvgIpc) is 2.97. The van der Waals surface area contributed by atoms with Crippen molar-refractivity contribution >= 4 is 5.69 Å². The van der Waals surface area contributed by atoms with Crippen molar-refractivity contribution in [2.24, 2.45) is 7.05 Å². The van der Waals surface area contributed by atoms with Crippen molar-refractivity contribution in [2.45, 2.75) is 12.6 Å². The highest BCUT2D eigenvalue weighted by Gasteiger charge is 2.31. The van der Waals surface area contributed by atoms with Gasteiger partial charge in [-0.15, -0.1) is 0 Å². The normalized spacial score (nSPS) is 22.6. The molecule has 1 aromatic carbocycles. The van der Waals surface area contributed by atoms with E-state index in [0.29, 0.717) is 6.04 Å². The van der Waals surface area contributed by atoms with Gasteiger partial charge >= 0.3 is 0 Å². The second-order valence-corrected chi connectivity index (χ2v) is 6.19. The Hall–Kier alpha value is -1.85. The Balaban J connectivity index is 1.46. The molecule has 3 heterocycles. The van der Waals surface area contributed by atoms with E-state index in [-0.39, 0.29) is 0 Å². The fourth-order valence-corrected chi connectivity index (χ4v) is 3.62. The van der Waals surface area contributed by atoms with Crippen molar-refractivity contribution in [1.82, 2.24) is 19.8 Å². The van der Waals surface area contributed by atoms with Crippen molar-refractivity contribution in [3.05, 3.63) is 48.0 Å². The van der Waals surface area contributed by atoms with E-state index in [1.165, 1.54) is 17.1 Å². The predicted octanol–water partition coefficient (Wildman–Crippen LogP) is 1.39. The summed E-state index contributed by atoms with van der Waals surface area (Å²) in [6.45, 7) is 6.31. The van der Waals surface area contributed by atoms with E-state index in [1.54, 1.807) is 0 Å². The molecular weight excluding hydrogens is 274 g/mol. The van der Waals surface area contributed by atoms with Crippen molar-refractivity contribution in [3.63, 3.8) is 0 Å². The molecule has 0 saturated carbocycles. The maximum Gasteiger partial charge on any atom is 0.0950 e. The van der Waals surface area contributed by atoms with Gasteiger partial charge in [0, 0.05) is 52.0 Å². The van der Waals surface area contributed by atoms with Crippen LogP contribution < -0.4 is 10.2 Å². The number of hydrogen-bond acceptors (Lipinski definition) is 4. The first-order valence-electron chi connectivity index (χ1n) is 8.08. The topological polar surface area (TPSA) is 36.3 Å². The molecule has 22 heavy (non-hydrogen) atoms. The molecule has 0 bridgehead atoms. The summed E-state index contributed by atoms with van der Waals surface area (Å²) in [6.07, 6.45) is 1.95. The van der Waals surface area contributed by atoms with E-state index in [1.807, 2.05) is 6.33 Å². The van der Waals surface area contributed by atoms with Crippen molar-refractivity contribution in [3.8, 4) is 0 Å². The number of anilines is 1. The molecule has 1 saturated heterocycles. The number of imidazole rings is 1. The Morgan fingerprint density at radius 1 is 1.09 bits per heavy atom. The molecule has 1 unspecified atom stereocenters. The lowest BCUT2D eigenvalue weighted by atomic mass is 10.0. The smallest absolute Gasteiger partial charge is 0.0950 e. The van der Waals surface area contributed by atoms with Gasteiger partial charge in [-0.1, -0.05) is 18.2 Å². The summed E-state index contributed by atoms with van der Waals surface area (Å²) < 4.78 is 2.15. The third kappa shape index (κ3) is 2.40. The average molecular weight is 297 g/mol. The molecule has 1 atom stereocenters. The molecule has 2 aromatic rings. The van der Waals surface area contributed by atoms with Crippen molar-refractivity contribution < 1.29 is 0 Å². The van der Waals surface area contributed by atoms with Crippen molar-refractivity contribution in [2.75, 3.05) is 37.6 Å². The van der Waals surface area contributed by atoms with E-state index >= 15 is 0 Å². The van der Waals surface area contributed by atoms with E-state index in [9.17, 15) is 0 Å². The van der Waals surface area contributed by atoms with E-state index in [0.717, 1.165) is 39.3 Å². The number of aryl methyl sites for hydroxylation is 1. The summed E-state index contributed by atoms with van der Waals surface area (Å²) in [5.41, 5.74) is 3.94. The zero-order valence-electron chi connectivity index (χ0n) is 13.1. The molecule has 4 rings (SSSR count). The van der Waals surface area contributed by atoms with Crippen LogP contribution in [0.15, 0.2) is 36.7 Å². The number of benzene rings is 1. The third-order valence-electron chi connectivity index (χ3n) is 4.91. The molecule has 1 aromatic heterocycles. The number of nitrogens with zero attached hydrogens (tertiary/aromatic N) is 4. The van der Waals surface area contributed by atoms with Gasteiger partial charge in [0.2, 0.25) is 0 Å². The predicted molar refractivity (Wildman–Crippen MR) is 87.9 cm³/mol. The lowest BCUT2D eigenvalue weighted by molar-refractivity contribution is 0.171. The van der Waals surface area contributed by atoms with Gasteiger partial charge in [-0.05, 0) is 12.1 Å². The number of hydrogen-bond donors (Lipinski definition) is 1. The molecule has 5 nitrogen and oxygen atoms in total. The van der Waals surface area contributed by atoms with Gasteiger partial charge in [0.1, 0.15) is 0 Å². The zero-order valence-corrected chi connectivity index (χ0v) is 13.1. The molecule has 0 aliphatic carbocycles. The van der Waals surface area contributed by atoms with Crippen LogP contribution in [0.5, 0.6) is 0 Å². The Morgan fingerprint density at radius 2 is 1.86 bits per heavy atom. The van der Waals surface area contributed by atoms with Gasteiger partial charge in [0.15, 0.2) is 0 Å². The molecular formula is C17H23N5. The summed E-state index contributed by atoms with van der Waals surface area (Å²) >= 11 is 0.